The van der Waals surface area contributed by atoms with Gasteiger partial charge in [-0.1, -0.05) is 40.2 Å². The fraction of sp³-hybridized carbons (Fsp3) is 0.167. The van der Waals surface area contributed by atoms with Gasteiger partial charge in [0.2, 0.25) is 0 Å². The van der Waals surface area contributed by atoms with Crippen molar-refractivity contribution in [1.29, 1.82) is 0 Å². The fourth-order valence-corrected chi connectivity index (χ4v) is 5.91. The molecule has 2 aliphatic heterocycles. The summed E-state index contributed by atoms with van der Waals surface area (Å²) >= 11 is 3.55. The van der Waals surface area contributed by atoms with Crippen molar-refractivity contribution < 1.29 is 9.59 Å². The number of para-hydroxylation sites is 1. The van der Waals surface area contributed by atoms with E-state index in [-0.39, 0.29) is 11.8 Å². The molecule has 4 heterocycles. The van der Waals surface area contributed by atoms with Crippen molar-refractivity contribution in [2.24, 2.45) is 0 Å². The Balaban J connectivity index is 1.86. The molecule has 5 aromatic rings. The number of H-pyrrole nitrogens is 1. The van der Waals surface area contributed by atoms with E-state index in [1.54, 1.807) is 0 Å². The zero-order valence-electron chi connectivity index (χ0n) is 15.9. The van der Waals surface area contributed by atoms with Crippen LogP contribution in [0.2, 0.25) is 0 Å². The average Bonchev–Trinajstić information content (AvgIpc) is 3.28. The third-order valence-corrected chi connectivity index (χ3v) is 7.17. The van der Waals surface area contributed by atoms with Gasteiger partial charge in [0.25, 0.3) is 11.8 Å². The van der Waals surface area contributed by atoms with Crippen LogP contribution in [0.3, 0.4) is 0 Å². The van der Waals surface area contributed by atoms with Gasteiger partial charge in [0, 0.05) is 38.1 Å². The van der Waals surface area contributed by atoms with Crippen LogP contribution >= 0.6 is 15.9 Å². The second-order valence-electron chi connectivity index (χ2n) is 8.24. The maximum atomic E-state index is 13.0. The van der Waals surface area contributed by atoms with Crippen molar-refractivity contribution in [3.63, 3.8) is 0 Å². The van der Waals surface area contributed by atoms with E-state index in [1.165, 1.54) is 11.1 Å². The Kier molecular flexibility index (Phi) is 3.06. The minimum absolute atomic E-state index is 0.296. The van der Waals surface area contributed by atoms with Gasteiger partial charge in [-0.25, -0.2) is 0 Å². The van der Waals surface area contributed by atoms with Crippen LogP contribution in [-0.2, 0) is 13.0 Å². The quantitative estimate of drug-likeness (QED) is 0.305. The monoisotopic (exact) mass is 457 g/mol. The highest BCUT2D eigenvalue weighted by Gasteiger charge is 2.36. The van der Waals surface area contributed by atoms with Gasteiger partial charge >= 0.3 is 0 Å². The molecule has 2 N–H and O–H groups in total. The molecule has 0 fully saturated rings. The number of imide groups is 1. The zero-order valence-corrected chi connectivity index (χ0v) is 17.5. The summed E-state index contributed by atoms with van der Waals surface area (Å²) in [6.45, 7) is 0.902. The molecule has 3 aromatic carbocycles. The smallest absolute Gasteiger partial charge is 0.259 e. The molecular formula is C24H16BrN3O2. The number of carbonyl (C=O) groups is 2. The van der Waals surface area contributed by atoms with Crippen LogP contribution in [0.1, 0.15) is 39.1 Å². The van der Waals surface area contributed by atoms with Crippen LogP contribution in [-0.4, -0.2) is 21.4 Å². The highest BCUT2D eigenvalue weighted by atomic mass is 79.9. The van der Waals surface area contributed by atoms with Crippen molar-refractivity contribution in [1.82, 2.24) is 14.9 Å². The van der Waals surface area contributed by atoms with Gasteiger partial charge in [-0.2, -0.15) is 0 Å². The first-order valence-corrected chi connectivity index (χ1v) is 11.0. The molecule has 7 rings (SSSR count). The Morgan fingerprint density at radius 3 is 2.60 bits per heavy atom. The standard InChI is InChI=1S/C24H16BrN3O2/c25-12-7-8-13-15(10-12)26-20-16(13)18-19(24(30)27-23(18)29)17-14-6-3-5-11-4-1-2-9-28(21(11)14)22(17)20/h3,5-8,10,26H,1-2,4,9H2,(H,27,29,30). The van der Waals surface area contributed by atoms with E-state index < -0.39 is 0 Å². The normalized spacial score (nSPS) is 16.0. The summed E-state index contributed by atoms with van der Waals surface area (Å²) in [6, 6.07) is 12.4. The Morgan fingerprint density at radius 2 is 1.73 bits per heavy atom. The third kappa shape index (κ3) is 1.88. The predicted molar refractivity (Wildman–Crippen MR) is 121 cm³/mol. The predicted octanol–water partition coefficient (Wildman–Crippen LogP) is 5.41. The van der Waals surface area contributed by atoms with Crippen LogP contribution in [0.15, 0.2) is 40.9 Å². The van der Waals surface area contributed by atoms with Gasteiger partial charge in [0.1, 0.15) is 0 Å². The molecule has 2 aromatic heterocycles. The number of fused-ring (bicyclic) bond motifs is 10. The Labute approximate surface area is 179 Å². The fourth-order valence-electron chi connectivity index (χ4n) is 5.55. The lowest BCUT2D eigenvalue weighted by Gasteiger charge is -2.08. The molecule has 0 saturated heterocycles. The van der Waals surface area contributed by atoms with E-state index in [4.69, 9.17) is 0 Å². The SMILES string of the molecule is O=C1NC(=O)c2c1c1c3ccc(Br)cc3[nH]c1c1c2c2cccc3c2n1CCCC3. The van der Waals surface area contributed by atoms with Gasteiger partial charge < -0.3 is 9.55 Å². The number of hydrogen-bond donors (Lipinski definition) is 2. The topological polar surface area (TPSA) is 66.9 Å². The van der Waals surface area contributed by atoms with Gasteiger partial charge in [-0.3, -0.25) is 14.9 Å². The molecule has 2 aliphatic rings. The van der Waals surface area contributed by atoms with Crippen LogP contribution < -0.4 is 5.32 Å². The minimum Gasteiger partial charge on any atom is -0.353 e. The van der Waals surface area contributed by atoms with Gasteiger partial charge in [-0.05, 0) is 37.0 Å². The number of nitrogens with one attached hydrogen (secondary N) is 2. The third-order valence-electron chi connectivity index (χ3n) is 6.67. The lowest BCUT2D eigenvalue weighted by molar-refractivity contribution is 0.0880. The largest absolute Gasteiger partial charge is 0.353 e. The summed E-state index contributed by atoms with van der Waals surface area (Å²) in [5.41, 5.74) is 6.45. The van der Waals surface area contributed by atoms with Crippen molar-refractivity contribution in [3.8, 4) is 0 Å². The maximum absolute atomic E-state index is 13.0. The summed E-state index contributed by atoms with van der Waals surface area (Å²) in [4.78, 5) is 29.5. The van der Waals surface area contributed by atoms with Crippen LogP contribution in [0, 0.1) is 0 Å². The lowest BCUT2D eigenvalue weighted by atomic mass is 9.96. The number of benzene rings is 3. The second kappa shape index (κ2) is 5.52. The molecule has 5 nitrogen and oxygen atoms in total. The molecule has 0 saturated carbocycles. The lowest BCUT2D eigenvalue weighted by Crippen LogP contribution is -2.20. The molecule has 146 valence electrons. The Bertz CT molecular complexity index is 1620. The van der Waals surface area contributed by atoms with E-state index in [9.17, 15) is 9.59 Å². The van der Waals surface area contributed by atoms with E-state index in [0.29, 0.717) is 11.1 Å². The molecule has 0 bridgehead atoms. The molecule has 30 heavy (non-hydrogen) atoms. The van der Waals surface area contributed by atoms with Crippen molar-refractivity contribution in [3.05, 3.63) is 57.6 Å². The highest BCUT2D eigenvalue weighted by molar-refractivity contribution is 9.10. The number of carbonyl (C=O) groups excluding carboxylic acids is 2. The number of aromatic nitrogens is 2. The van der Waals surface area contributed by atoms with Crippen molar-refractivity contribution in [2.75, 3.05) is 0 Å². The highest BCUT2D eigenvalue weighted by Crippen LogP contribution is 2.45. The Morgan fingerprint density at radius 1 is 0.900 bits per heavy atom. The number of halogens is 1. The summed E-state index contributed by atoms with van der Waals surface area (Å²) in [7, 11) is 0. The summed E-state index contributed by atoms with van der Waals surface area (Å²) in [5.74, 6) is -0.607. The minimum atomic E-state index is -0.310. The average molecular weight is 458 g/mol. The number of nitrogens with zero attached hydrogens (tertiary/aromatic N) is 1. The zero-order chi connectivity index (χ0) is 20.1. The number of rotatable bonds is 0. The maximum Gasteiger partial charge on any atom is 0.259 e. The molecule has 0 unspecified atom stereocenters. The van der Waals surface area contributed by atoms with Crippen LogP contribution in [0.5, 0.6) is 0 Å². The summed E-state index contributed by atoms with van der Waals surface area (Å²) in [6.07, 6.45) is 3.27. The Hall–Kier alpha value is -3.12. The summed E-state index contributed by atoms with van der Waals surface area (Å²) in [5, 5.41) is 6.31. The summed E-state index contributed by atoms with van der Waals surface area (Å²) < 4.78 is 3.34. The van der Waals surface area contributed by atoms with Crippen molar-refractivity contribution >= 4 is 71.4 Å². The molecule has 2 amide bonds. The first-order chi connectivity index (χ1) is 14.6. The van der Waals surface area contributed by atoms with Crippen LogP contribution in [0.25, 0.3) is 43.6 Å². The van der Waals surface area contributed by atoms with Gasteiger partial charge in [-0.15, -0.1) is 0 Å². The van der Waals surface area contributed by atoms with E-state index in [2.05, 4.69) is 49.0 Å². The van der Waals surface area contributed by atoms with Gasteiger partial charge in [0.05, 0.1) is 27.7 Å². The molecular weight excluding hydrogens is 442 g/mol. The molecule has 0 radical (unpaired) electrons. The molecule has 0 atom stereocenters. The second-order valence-corrected chi connectivity index (χ2v) is 9.16. The molecule has 0 spiro atoms. The number of hydrogen-bond acceptors (Lipinski definition) is 2. The number of aromatic amines is 1. The number of amides is 2. The molecule has 0 aliphatic carbocycles. The molecule has 6 heteroatoms. The van der Waals surface area contributed by atoms with E-state index >= 15 is 0 Å². The first kappa shape index (κ1) is 16.7. The first-order valence-electron chi connectivity index (χ1n) is 10.2. The van der Waals surface area contributed by atoms with E-state index in [0.717, 1.165) is 68.4 Å². The number of aryl methyl sites for hydroxylation is 2. The van der Waals surface area contributed by atoms with Gasteiger partial charge in [0.15, 0.2) is 0 Å². The van der Waals surface area contributed by atoms with E-state index in [1.807, 2.05) is 18.2 Å². The van der Waals surface area contributed by atoms with Crippen molar-refractivity contribution in [2.45, 2.75) is 25.8 Å². The van der Waals surface area contributed by atoms with Crippen LogP contribution in [0.4, 0.5) is 0 Å².